The molecule has 0 unspecified atom stereocenters. The molecule has 4 rings (SSSR count). The van der Waals surface area contributed by atoms with Gasteiger partial charge in [0.2, 0.25) is 0 Å². The first-order chi connectivity index (χ1) is 10.9. The predicted octanol–water partition coefficient (Wildman–Crippen LogP) is 3.37. The van der Waals surface area contributed by atoms with Crippen molar-refractivity contribution in [1.82, 2.24) is 15.0 Å². The molecular weight excluding hydrogens is 274 g/mol. The minimum Gasteiger partial charge on any atom is -0.356 e. The smallest absolute Gasteiger partial charge is 0.135 e. The third-order valence-electron chi connectivity index (χ3n) is 3.98. The maximum absolute atomic E-state index is 4.46. The van der Waals surface area contributed by atoms with E-state index >= 15 is 0 Å². The largest absolute Gasteiger partial charge is 0.356 e. The number of hydrogen-bond donors (Lipinski definition) is 1. The molecule has 1 fully saturated rings. The van der Waals surface area contributed by atoms with Crippen LogP contribution in [0.25, 0.3) is 10.9 Å². The molecule has 3 heterocycles. The Hall–Kier alpha value is -2.69. The van der Waals surface area contributed by atoms with Gasteiger partial charge in [0.15, 0.2) is 0 Å². The van der Waals surface area contributed by atoms with Gasteiger partial charge in [0.25, 0.3) is 0 Å². The van der Waals surface area contributed by atoms with E-state index in [1.54, 1.807) is 6.33 Å². The third-order valence-corrected chi connectivity index (χ3v) is 3.98. The summed E-state index contributed by atoms with van der Waals surface area (Å²) in [5, 5.41) is 4.48. The number of nitrogens with zero attached hydrogens (tertiary/aromatic N) is 4. The van der Waals surface area contributed by atoms with Crippen molar-refractivity contribution >= 4 is 28.2 Å². The zero-order valence-corrected chi connectivity index (χ0v) is 12.2. The monoisotopic (exact) mass is 291 g/mol. The van der Waals surface area contributed by atoms with Crippen LogP contribution < -0.4 is 10.2 Å². The third kappa shape index (κ3) is 2.45. The Morgan fingerprint density at radius 2 is 1.82 bits per heavy atom. The summed E-state index contributed by atoms with van der Waals surface area (Å²) in [6.07, 6.45) is 5.90. The van der Waals surface area contributed by atoms with Crippen LogP contribution in [0.4, 0.5) is 17.3 Å². The van der Waals surface area contributed by atoms with Crippen LogP contribution in [0.5, 0.6) is 0 Å². The highest BCUT2D eigenvalue weighted by atomic mass is 15.2. The topological polar surface area (TPSA) is 53.9 Å². The molecule has 5 nitrogen and oxygen atoms in total. The van der Waals surface area contributed by atoms with Gasteiger partial charge >= 0.3 is 0 Å². The second-order valence-electron chi connectivity index (χ2n) is 5.46. The van der Waals surface area contributed by atoms with E-state index in [0.717, 1.165) is 41.3 Å². The van der Waals surface area contributed by atoms with E-state index in [0.29, 0.717) is 0 Å². The number of hydrogen-bond acceptors (Lipinski definition) is 5. The zero-order chi connectivity index (χ0) is 14.8. The van der Waals surface area contributed by atoms with Crippen molar-refractivity contribution in [1.29, 1.82) is 0 Å². The highest BCUT2D eigenvalue weighted by Crippen LogP contribution is 2.25. The normalized spacial score (nSPS) is 14.5. The lowest BCUT2D eigenvalue weighted by molar-refractivity contribution is 0.928. The molecule has 1 aromatic carbocycles. The molecule has 2 aromatic heterocycles. The maximum atomic E-state index is 4.46. The Labute approximate surface area is 129 Å². The summed E-state index contributed by atoms with van der Waals surface area (Å²) in [4.78, 5) is 15.5. The fourth-order valence-electron chi connectivity index (χ4n) is 2.88. The van der Waals surface area contributed by atoms with Gasteiger partial charge < -0.3 is 10.2 Å². The maximum Gasteiger partial charge on any atom is 0.135 e. The van der Waals surface area contributed by atoms with Crippen LogP contribution in [-0.4, -0.2) is 28.0 Å². The number of benzene rings is 1. The highest BCUT2D eigenvalue weighted by Gasteiger charge is 2.14. The van der Waals surface area contributed by atoms with Crippen molar-refractivity contribution in [2.75, 3.05) is 23.3 Å². The number of aromatic nitrogens is 3. The van der Waals surface area contributed by atoms with Crippen molar-refractivity contribution in [2.24, 2.45) is 0 Å². The second-order valence-corrected chi connectivity index (χ2v) is 5.46. The van der Waals surface area contributed by atoms with Crippen LogP contribution in [0.15, 0.2) is 48.9 Å². The summed E-state index contributed by atoms with van der Waals surface area (Å²) in [6, 6.07) is 12.1. The Balaban J connectivity index is 1.66. The van der Waals surface area contributed by atoms with Crippen LogP contribution in [-0.2, 0) is 0 Å². The van der Waals surface area contributed by atoms with Crippen molar-refractivity contribution in [3.63, 3.8) is 0 Å². The van der Waals surface area contributed by atoms with Gasteiger partial charge in [-0.15, -0.1) is 0 Å². The summed E-state index contributed by atoms with van der Waals surface area (Å²) in [7, 11) is 0. The van der Waals surface area contributed by atoms with Gasteiger partial charge in [-0.05, 0) is 25.0 Å². The average Bonchev–Trinajstić information content (AvgIpc) is 3.10. The summed E-state index contributed by atoms with van der Waals surface area (Å²) < 4.78 is 0. The van der Waals surface area contributed by atoms with E-state index in [1.165, 1.54) is 12.8 Å². The molecule has 22 heavy (non-hydrogen) atoms. The fraction of sp³-hybridized carbons (Fsp3) is 0.235. The second kappa shape index (κ2) is 5.60. The minimum atomic E-state index is 0.801. The van der Waals surface area contributed by atoms with E-state index in [4.69, 9.17) is 0 Å². The molecule has 0 saturated carbocycles. The summed E-state index contributed by atoms with van der Waals surface area (Å²) in [6.45, 7) is 2.15. The molecule has 1 N–H and O–H groups in total. The summed E-state index contributed by atoms with van der Waals surface area (Å²) in [5.41, 5.74) is 1.91. The van der Waals surface area contributed by atoms with Crippen molar-refractivity contribution in [3.05, 3.63) is 48.9 Å². The van der Waals surface area contributed by atoms with Crippen molar-refractivity contribution < 1.29 is 0 Å². The van der Waals surface area contributed by atoms with Crippen LogP contribution >= 0.6 is 0 Å². The van der Waals surface area contributed by atoms with Crippen molar-refractivity contribution in [3.8, 4) is 0 Å². The van der Waals surface area contributed by atoms with E-state index in [2.05, 4.69) is 37.3 Å². The van der Waals surface area contributed by atoms with Gasteiger partial charge in [-0.3, -0.25) is 4.98 Å². The Morgan fingerprint density at radius 1 is 0.955 bits per heavy atom. The number of anilines is 3. The number of pyridine rings is 1. The zero-order valence-electron chi connectivity index (χ0n) is 12.2. The predicted molar refractivity (Wildman–Crippen MR) is 88.5 cm³/mol. The number of rotatable bonds is 3. The van der Waals surface area contributed by atoms with Gasteiger partial charge in [0.05, 0.1) is 11.2 Å². The SMILES string of the molecule is c1cnc2c(Nc3cc(N4CCCC4)ncn3)cccc2c1. The first-order valence-corrected chi connectivity index (χ1v) is 7.58. The fourth-order valence-corrected chi connectivity index (χ4v) is 2.88. The molecule has 5 heteroatoms. The molecule has 110 valence electrons. The molecule has 1 aliphatic heterocycles. The quantitative estimate of drug-likeness (QED) is 0.802. The first kappa shape index (κ1) is 13.0. The van der Waals surface area contributed by atoms with Crippen LogP contribution in [0, 0.1) is 0 Å². The van der Waals surface area contributed by atoms with Gasteiger partial charge in [0, 0.05) is 30.7 Å². The lowest BCUT2D eigenvalue weighted by Gasteiger charge is -2.17. The number of para-hydroxylation sites is 1. The number of nitrogens with one attached hydrogen (secondary N) is 1. The molecule has 1 aliphatic rings. The van der Waals surface area contributed by atoms with E-state index in [9.17, 15) is 0 Å². The Bertz CT molecular complexity index is 790. The van der Waals surface area contributed by atoms with E-state index in [1.807, 2.05) is 30.5 Å². The van der Waals surface area contributed by atoms with Crippen LogP contribution in [0.1, 0.15) is 12.8 Å². The van der Waals surface area contributed by atoms with Crippen LogP contribution in [0.2, 0.25) is 0 Å². The molecule has 1 saturated heterocycles. The lowest BCUT2D eigenvalue weighted by Crippen LogP contribution is -2.19. The molecule has 0 radical (unpaired) electrons. The Morgan fingerprint density at radius 3 is 2.73 bits per heavy atom. The van der Waals surface area contributed by atoms with Gasteiger partial charge in [0.1, 0.15) is 18.0 Å². The molecule has 3 aromatic rings. The standard InChI is InChI=1S/C17H17N5/c1-2-10-22(9-1)16-11-15(19-12-20-16)21-14-7-3-5-13-6-4-8-18-17(13)14/h3-8,11-12H,1-2,9-10H2,(H,19,20,21). The van der Waals surface area contributed by atoms with E-state index < -0.39 is 0 Å². The van der Waals surface area contributed by atoms with Crippen molar-refractivity contribution in [2.45, 2.75) is 12.8 Å². The molecule has 0 bridgehead atoms. The van der Waals surface area contributed by atoms with Gasteiger partial charge in [-0.2, -0.15) is 0 Å². The number of fused-ring (bicyclic) bond motifs is 1. The van der Waals surface area contributed by atoms with E-state index in [-0.39, 0.29) is 0 Å². The average molecular weight is 291 g/mol. The Kier molecular flexibility index (Phi) is 3.31. The molecular formula is C17H17N5. The molecule has 0 amide bonds. The molecule has 0 atom stereocenters. The summed E-state index contributed by atoms with van der Waals surface area (Å²) in [5.74, 6) is 1.79. The molecule has 0 spiro atoms. The first-order valence-electron chi connectivity index (χ1n) is 7.58. The minimum absolute atomic E-state index is 0.801. The van der Waals surface area contributed by atoms with Crippen LogP contribution in [0.3, 0.4) is 0 Å². The summed E-state index contributed by atoms with van der Waals surface area (Å²) >= 11 is 0. The highest BCUT2D eigenvalue weighted by molar-refractivity contribution is 5.91. The van der Waals surface area contributed by atoms with Gasteiger partial charge in [-0.1, -0.05) is 18.2 Å². The lowest BCUT2D eigenvalue weighted by atomic mass is 10.2. The van der Waals surface area contributed by atoms with Gasteiger partial charge in [-0.25, -0.2) is 9.97 Å². The molecule has 0 aliphatic carbocycles.